The molecule has 0 amide bonds. The molecular weight excluding hydrogens is 307 g/mol. The van der Waals surface area contributed by atoms with Crippen LogP contribution in [0.4, 0.5) is 10.1 Å². The molecule has 0 saturated heterocycles. The Balaban J connectivity index is 2.64. The highest BCUT2D eigenvalue weighted by molar-refractivity contribution is 9.10. The first kappa shape index (κ1) is 14.1. The van der Waals surface area contributed by atoms with Gasteiger partial charge >= 0.3 is 0 Å². The number of nitriles is 1. The number of nitrogens with one attached hydrogen (secondary N) is 1. The Morgan fingerprint density at radius 2 is 2.29 bits per heavy atom. The molecule has 92 valence electrons. The van der Waals surface area contributed by atoms with Gasteiger partial charge in [-0.3, -0.25) is 4.21 Å². The van der Waals surface area contributed by atoms with E-state index >= 15 is 0 Å². The van der Waals surface area contributed by atoms with Crippen molar-refractivity contribution in [2.75, 3.05) is 23.9 Å². The molecule has 0 heterocycles. The minimum Gasteiger partial charge on any atom is -0.383 e. The van der Waals surface area contributed by atoms with Crippen LogP contribution in [0, 0.1) is 17.1 Å². The number of anilines is 1. The molecule has 1 atom stereocenters. The minimum atomic E-state index is -0.824. The van der Waals surface area contributed by atoms with Crippen molar-refractivity contribution in [3.8, 4) is 6.07 Å². The normalized spacial score (nSPS) is 11.9. The smallest absolute Gasteiger partial charge is 0.161 e. The lowest BCUT2D eigenvalue weighted by Gasteiger charge is -2.08. The summed E-state index contributed by atoms with van der Waals surface area (Å²) >= 11 is 3.04. The van der Waals surface area contributed by atoms with Crippen molar-refractivity contribution in [2.45, 2.75) is 6.42 Å². The zero-order valence-electron chi connectivity index (χ0n) is 9.30. The van der Waals surface area contributed by atoms with E-state index in [4.69, 9.17) is 5.26 Å². The summed E-state index contributed by atoms with van der Waals surface area (Å²) in [6.45, 7) is 0.550. The van der Waals surface area contributed by atoms with E-state index in [1.165, 1.54) is 6.07 Å². The van der Waals surface area contributed by atoms with Crippen LogP contribution in [0.25, 0.3) is 0 Å². The molecule has 0 fully saturated rings. The van der Waals surface area contributed by atoms with E-state index in [2.05, 4.69) is 21.2 Å². The highest BCUT2D eigenvalue weighted by atomic mass is 79.9. The second kappa shape index (κ2) is 6.72. The van der Waals surface area contributed by atoms with Crippen molar-refractivity contribution in [3.63, 3.8) is 0 Å². The van der Waals surface area contributed by atoms with E-state index in [1.807, 2.05) is 6.07 Å². The number of benzene rings is 1. The Hall–Kier alpha value is -0.930. The number of halogens is 2. The summed E-state index contributed by atoms with van der Waals surface area (Å²) < 4.78 is 24.7. The maximum atomic E-state index is 13.7. The molecule has 1 aromatic carbocycles. The van der Waals surface area contributed by atoms with Gasteiger partial charge in [0.15, 0.2) is 5.82 Å². The van der Waals surface area contributed by atoms with Crippen LogP contribution in [-0.2, 0) is 10.8 Å². The minimum absolute atomic E-state index is 0.170. The van der Waals surface area contributed by atoms with E-state index in [-0.39, 0.29) is 10.0 Å². The Labute approximate surface area is 111 Å². The van der Waals surface area contributed by atoms with Gasteiger partial charge in [-0.1, -0.05) is 0 Å². The third-order valence-electron chi connectivity index (χ3n) is 2.13. The van der Waals surface area contributed by atoms with Crippen LogP contribution in [0.5, 0.6) is 0 Å². The van der Waals surface area contributed by atoms with E-state index in [1.54, 1.807) is 12.3 Å². The Morgan fingerprint density at radius 1 is 1.59 bits per heavy atom. The van der Waals surface area contributed by atoms with Gasteiger partial charge in [0.1, 0.15) is 6.07 Å². The van der Waals surface area contributed by atoms with E-state index in [0.29, 0.717) is 24.4 Å². The average Bonchev–Trinajstić information content (AvgIpc) is 2.29. The summed E-state index contributed by atoms with van der Waals surface area (Å²) in [6.07, 6.45) is 2.35. The average molecular weight is 319 g/mol. The lowest BCUT2D eigenvalue weighted by molar-refractivity contribution is 0.622. The van der Waals surface area contributed by atoms with Crippen molar-refractivity contribution >= 4 is 32.4 Å². The summed E-state index contributed by atoms with van der Waals surface area (Å²) in [4.78, 5) is 0. The molecule has 1 unspecified atom stereocenters. The third-order valence-corrected chi connectivity index (χ3v) is 3.77. The maximum absolute atomic E-state index is 13.7. The molecule has 1 aromatic rings. The highest BCUT2D eigenvalue weighted by Gasteiger charge is 2.10. The Bertz CT molecular complexity index is 473. The van der Waals surface area contributed by atoms with Gasteiger partial charge in [0.2, 0.25) is 0 Å². The molecule has 0 saturated carbocycles. The summed E-state index contributed by atoms with van der Waals surface area (Å²) in [5.41, 5.74) is 0.612. The molecule has 0 aromatic heterocycles. The quantitative estimate of drug-likeness (QED) is 0.849. The molecule has 0 spiro atoms. The monoisotopic (exact) mass is 318 g/mol. The Morgan fingerprint density at radius 3 is 2.88 bits per heavy atom. The first-order valence-corrected chi connectivity index (χ1v) is 7.50. The van der Waals surface area contributed by atoms with Gasteiger partial charge in [0.25, 0.3) is 0 Å². The van der Waals surface area contributed by atoms with Gasteiger partial charge in [-0.05, 0) is 34.5 Å². The zero-order valence-corrected chi connectivity index (χ0v) is 11.7. The van der Waals surface area contributed by atoms with Crippen LogP contribution in [0.1, 0.15) is 12.0 Å². The van der Waals surface area contributed by atoms with Crippen molar-refractivity contribution < 1.29 is 8.60 Å². The van der Waals surface area contributed by atoms with Crippen LogP contribution in [0.3, 0.4) is 0 Å². The molecule has 0 aliphatic rings. The van der Waals surface area contributed by atoms with Crippen molar-refractivity contribution in [3.05, 3.63) is 28.0 Å². The molecule has 6 heteroatoms. The lowest BCUT2D eigenvalue weighted by atomic mass is 10.2. The lowest BCUT2D eigenvalue weighted by Crippen LogP contribution is -2.07. The van der Waals surface area contributed by atoms with Crippen LogP contribution in [0.2, 0.25) is 0 Å². The second-order valence-electron chi connectivity index (χ2n) is 3.46. The molecule has 0 aliphatic carbocycles. The predicted octanol–water partition coefficient (Wildman–Crippen LogP) is 2.64. The number of hydrogen-bond donors (Lipinski definition) is 1. The van der Waals surface area contributed by atoms with Crippen LogP contribution in [-0.4, -0.2) is 22.8 Å². The molecule has 1 rings (SSSR count). The van der Waals surface area contributed by atoms with Crippen molar-refractivity contribution in [2.24, 2.45) is 0 Å². The standard InChI is InChI=1S/C11H12BrFN2OS/c1-17(16)6-2-5-15-9-4-3-8(7-14)10(12)11(9)13/h3-4,15H,2,5-6H2,1H3. The molecule has 0 radical (unpaired) electrons. The molecule has 17 heavy (non-hydrogen) atoms. The van der Waals surface area contributed by atoms with Crippen molar-refractivity contribution in [1.29, 1.82) is 5.26 Å². The van der Waals surface area contributed by atoms with E-state index < -0.39 is 16.6 Å². The maximum Gasteiger partial charge on any atom is 0.161 e. The first-order chi connectivity index (χ1) is 8.06. The van der Waals surface area contributed by atoms with Crippen LogP contribution in [0.15, 0.2) is 16.6 Å². The highest BCUT2D eigenvalue weighted by Crippen LogP contribution is 2.26. The fourth-order valence-electron chi connectivity index (χ4n) is 1.27. The van der Waals surface area contributed by atoms with Crippen LogP contribution < -0.4 is 5.32 Å². The van der Waals surface area contributed by atoms with E-state index in [9.17, 15) is 8.60 Å². The van der Waals surface area contributed by atoms with Gasteiger partial charge in [-0.25, -0.2) is 4.39 Å². The Kier molecular flexibility index (Phi) is 5.59. The van der Waals surface area contributed by atoms with Crippen molar-refractivity contribution in [1.82, 2.24) is 0 Å². The number of nitrogens with zero attached hydrogens (tertiary/aromatic N) is 1. The predicted molar refractivity (Wildman–Crippen MR) is 70.9 cm³/mol. The summed E-state index contributed by atoms with van der Waals surface area (Å²) in [7, 11) is -0.824. The van der Waals surface area contributed by atoms with Crippen LogP contribution >= 0.6 is 15.9 Å². The van der Waals surface area contributed by atoms with Gasteiger partial charge in [0.05, 0.1) is 15.7 Å². The summed E-state index contributed by atoms with van der Waals surface area (Å²) in [6, 6.07) is 4.97. The summed E-state index contributed by atoms with van der Waals surface area (Å²) in [5, 5.41) is 11.6. The largest absolute Gasteiger partial charge is 0.383 e. The first-order valence-electron chi connectivity index (χ1n) is 4.98. The van der Waals surface area contributed by atoms with Gasteiger partial charge in [-0.2, -0.15) is 5.26 Å². The van der Waals surface area contributed by atoms with Gasteiger partial charge in [-0.15, -0.1) is 0 Å². The topological polar surface area (TPSA) is 52.9 Å². The molecule has 0 aliphatic heterocycles. The van der Waals surface area contributed by atoms with E-state index in [0.717, 1.165) is 0 Å². The number of rotatable bonds is 5. The molecule has 1 N–H and O–H groups in total. The fraction of sp³-hybridized carbons (Fsp3) is 0.364. The second-order valence-corrected chi connectivity index (χ2v) is 5.81. The zero-order chi connectivity index (χ0) is 12.8. The van der Waals surface area contributed by atoms with Gasteiger partial charge in [0, 0.05) is 29.4 Å². The molecule has 0 bridgehead atoms. The SMILES string of the molecule is CS(=O)CCCNc1ccc(C#N)c(Br)c1F. The summed E-state index contributed by atoms with van der Waals surface area (Å²) in [5.74, 6) is 0.119. The van der Waals surface area contributed by atoms with Gasteiger partial charge < -0.3 is 5.32 Å². The third kappa shape index (κ3) is 4.10. The molecule has 3 nitrogen and oxygen atoms in total. The number of hydrogen-bond acceptors (Lipinski definition) is 3. The fourth-order valence-corrected chi connectivity index (χ4v) is 2.26. The molecular formula is C11H12BrFN2OS.